The van der Waals surface area contributed by atoms with E-state index in [2.05, 4.69) is 21.2 Å². The van der Waals surface area contributed by atoms with Gasteiger partial charge in [-0.25, -0.2) is 0 Å². The molecule has 3 N–H and O–H groups in total. The van der Waals surface area contributed by atoms with Gasteiger partial charge >= 0.3 is 0 Å². The number of carbonyl (C=O) groups is 1. The summed E-state index contributed by atoms with van der Waals surface area (Å²) in [5, 5.41) is 2.98. The second kappa shape index (κ2) is 4.66. The zero-order valence-corrected chi connectivity index (χ0v) is 11.2. The number of benzene rings is 1. The van der Waals surface area contributed by atoms with Crippen LogP contribution < -0.4 is 11.1 Å². The van der Waals surface area contributed by atoms with E-state index in [0.29, 0.717) is 24.5 Å². The number of amides is 1. The third kappa shape index (κ3) is 2.79. The molecule has 0 radical (unpaired) electrons. The molecule has 0 aliphatic carbocycles. The highest BCUT2D eigenvalue weighted by Gasteiger charge is 2.31. The largest absolute Gasteiger partial charge is 0.398 e. The van der Waals surface area contributed by atoms with Gasteiger partial charge in [-0.2, -0.15) is 0 Å². The van der Waals surface area contributed by atoms with Gasteiger partial charge in [0.15, 0.2) is 0 Å². The second-order valence-corrected chi connectivity index (χ2v) is 5.41. The molecule has 2 rings (SSSR count). The van der Waals surface area contributed by atoms with Crippen LogP contribution in [0.1, 0.15) is 23.7 Å². The molecule has 0 spiro atoms. The predicted octanol–water partition coefficient (Wildman–Crippen LogP) is 1.94. The first-order valence-electron chi connectivity index (χ1n) is 5.45. The molecule has 1 aromatic carbocycles. The summed E-state index contributed by atoms with van der Waals surface area (Å²) in [7, 11) is 0. The van der Waals surface area contributed by atoms with Gasteiger partial charge in [-0.05, 0) is 47.5 Å². The van der Waals surface area contributed by atoms with Crippen LogP contribution in [-0.2, 0) is 4.74 Å². The van der Waals surface area contributed by atoms with Gasteiger partial charge in [0.1, 0.15) is 0 Å². The third-order valence-corrected chi connectivity index (χ3v) is 3.61. The number of halogens is 1. The summed E-state index contributed by atoms with van der Waals surface area (Å²) in [6.07, 6.45) is 0.838. The first-order chi connectivity index (χ1) is 8.00. The van der Waals surface area contributed by atoms with E-state index in [0.717, 1.165) is 10.9 Å². The van der Waals surface area contributed by atoms with Crippen molar-refractivity contribution >= 4 is 27.5 Å². The van der Waals surface area contributed by atoms with Crippen LogP contribution in [0.3, 0.4) is 0 Å². The maximum Gasteiger partial charge on any atom is 0.251 e. The van der Waals surface area contributed by atoms with Gasteiger partial charge in [-0.15, -0.1) is 0 Å². The first-order valence-corrected chi connectivity index (χ1v) is 6.25. The van der Waals surface area contributed by atoms with Crippen molar-refractivity contribution < 1.29 is 9.53 Å². The smallest absolute Gasteiger partial charge is 0.251 e. The highest BCUT2D eigenvalue weighted by atomic mass is 79.9. The maximum absolute atomic E-state index is 12.0. The monoisotopic (exact) mass is 298 g/mol. The SMILES string of the molecule is CC1(NC(=O)c2ccc(Br)c(N)c2)CCOC1. The first kappa shape index (κ1) is 12.4. The lowest BCUT2D eigenvalue weighted by Gasteiger charge is -2.23. The number of hydrogen-bond acceptors (Lipinski definition) is 3. The molecule has 1 unspecified atom stereocenters. The van der Waals surface area contributed by atoms with E-state index >= 15 is 0 Å². The predicted molar refractivity (Wildman–Crippen MR) is 69.9 cm³/mol. The molecule has 0 saturated carbocycles. The Balaban J connectivity index is 2.11. The molecule has 1 aliphatic heterocycles. The van der Waals surface area contributed by atoms with Crippen molar-refractivity contribution in [1.82, 2.24) is 5.32 Å². The number of carbonyl (C=O) groups excluding carboxylic acids is 1. The molecular weight excluding hydrogens is 284 g/mol. The molecular formula is C12H15BrN2O2. The molecule has 92 valence electrons. The standard InChI is InChI=1S/C12H15BrN2O2/c1-12(4-5-17-7-12)15-11(16)8-2-3-9(13)10(14)6-8/h2-3,6H,4-5,7,14H2,1H3,(H,15,16). The molecule has 4 nitrogen and oxygen atoms in total. The molecule has 5 heteroatoms. The normalized spacial score (nSPS) is 23.6. The Morgan fingerprint density at radius 3 is 2.94 bits per heavy atom. The van der Waals surface area contributed by atoms with Crippen molar-refractivity contribution in [2.24, 2.45) is 0 Å². The number of ether oxygens (including phenoxy) is 1. The van der Waals surface area contributed by atoms with Crippen molar-refractivity contribution in [2.45, 2.75) is 18.9 Å². The average molecular weight is 299 g/mol. The summed E-state index contributed by atoms with van der Waals surface area (Å²) >= 11 is 3.30. The Morgan fingerprint density at radius 2 is 2.35 bits per heavy atom. The van der Waals surface area contributed by atoms with E-state index in [1.54, 1.807) is 18.2 Å². The number of anilines is 1. The minimum absolute atomic E-state index is 0.114. The lowest BCUT2D eigenvalue weighted by Crippen LogP contribution is -2.46. The third-order valence-electron chi connectivity index (χ3n) is 2.89. The molecule has 1 aliphatic rings. The maximum atomic E-state index is 12.0. The minimum Gasteiger partial charge on any atom is -0.398 e. The Labute approximate surface area is 109 Å². The topological polar surface area (TPSA) is 64.4 Å². The second-order valence-electron chi connectivity index (χ2n) is 4.55. The molecule has 1 amide bonds. The van der Waals surface area contributed by atoms with Crippen LogP contribution in [0.5, 0.6) is 0 Å². The Kier molecular flexibility index (Phi) is 3.40. The van der Waals surface area contributed by atoms with E-state index in [4.69, 9.17) is 10.5 Å². The summed E-state index contributed by atoms with van der Waals surface area (Å²) in [6.45, 7) is 3.24. The molecule has 1 fully saturated rings. The van der Waals surface area contributed by atoms with E-state index in [1.807, 2.05) is 6.92 Å². The summed E-state index contributed by atoms with van der Waals surface area (Å²) < 4.78 is 6.09. The van der Waals surface area contributed by atoms with Crippen molar-refractivity contribution in [3.8, 4) is 0 Å². The Morgan fingerprint density at radius 1 is 1.59 bits per heavy atom. The fourth-order valence-corrected chi connectivity index (χ4v) is 2.04. The van der Waals surface area contributed by atoms with E-state index in [9.17, 15) is 4.79 Å². The lowest BCUT2D eigenvalue weighted by molar-refractivity contribution is 0.0890. The van der Waals surface area contributed by atoms with Crippen LogP contribution in [0.2, 0.25) is 0 Å². The highest BCUT2D eigenvalue weighted by molar-refractivity contribution is 9.10. The van der Waals surface area contributed by atoms with E-state index in [-0.39, 0.29) is 11.4 Å². The Hall–Kier alpha value is -1.07. The molecule has 1 heterocycles. The summed E-state index contributed by atoms with van der Waals surface area (Å²) in [4.78, 5) is 12.0. The molecule has 1 saturated heterocycles. The van der Waals surface area contributed by atoms with Crippen molar-refractivity contribution in [3.05, 3.63) is 28.2 Å². The van der Waals surface area contributed by atoms with Gasteiger partial charge in [0.05, 0.1) is 12.1 Å². The van der Waals surface area contributed by atoms with Crippen LogP contribution in [0.15, 0.2) is 22.7 Å². The summed E-state index contributed by atoms with van der Waals surface area (Å²) in [5.41, 5.74) is 6.61. The molecule has 1 atom stereocenters. The molecule has 1 aromatic rings. The number of rotatable bonds is 2. The van der Waals surface area contributed by atoms with Crippen molar-refractivity contribution in [3.63, 3.8) is 0 Å². The van der Waals surface area contributed by atoms with Crippen LogP contribution in [0.25, 0.3) is 0 Å². The molecule has 0 aromatic heterocycles. The van der Waals surface area contributed by atoms with Gasteiger partial charge in [0.25, 0.3) is 5.91 Å². The zero-order chi connectivity index (χ0) is 12.5. The van der Waals surface area contributed by atoms with Crippen LogP contribution in [-0.4, -0.2) is 24.7 Å². The van der Waals surface area contributed by atoms with Gasteiger partial charge in [-0.1, -0.05) is 0 Å². The minimum atomic E-state index is -0.265. The summed E-state index contributed by atoms with van der Waals surface area (Å²) in [5.74, 6) is -0.114. The van der Waals surface area contributed by atoms with Crippen LogP contribution >= 0.6 is 15.9 Å². The van der Waals surface area contributed by atoms with Crippen LogP contribution in [0.4, 0.5) is 5.69 Å². The van der Waals surface area contributed by atoms with E-state index in [1.165, 1.54) is 0 Å². The molecule has 0 bridgehead atoms. The van der Waals surface area contributed by atoms with Gasteiger partial charge < -0.3 is 15.8 Å². The quantitative estimate of drug-likeness (QED) is 0.820. The van der Waals surface area contributed by atoms with Gasteiger partial charge in [-0.3, -0.25) is 4.79 Å². The van der Waals surface area contributed by atoms with Crippen LogP contribution in [0, 0.1) is 0 Å². The van der Waals surface area contributed by atoms with Crippen molar-refractivity contribution in [2.75, 3.05) is 18.9 Å². The number of nitrogens with two attached hydrogens (primary N) is 1. The highest BCUT2D eigenvalue weighted by Crippen LogP contribution is 2.22. The van der Waals surface area contributed by atoms with Gasteiger partial charge in [0, 0.05) is 22.3 Å². The zero-order valence-electron chi connectivity index (χ0n) is 9.63. The fraction of sp³-hybridized carbons (Fsp3) is 0.417. The number of nitrogen functional groups attached to an aromatic ring is 1. The number of hydrogen-bond donors (Lipinski definition) is 2. The summed E-state index contributed by atoms with van der Waals surface area (Å²) in [6, 6.07) is 5.19. The number of nitrogens with one attached hydrogen (secondary N) is 1. The molecule has 17 heavy (non-hydrogen) atoms. The average Bonchev–Trinajstić information content (AvgIpc) is 2.69. The Bertz CT molecular complexity index is 442. The van der Waals surface area contributed by atoms with Crippen molar-refractivity contribution in [1.29, 1.82) is 0 Å². The fourth-order valence-electron chi connectivity index (χ4n) is 1.80. The van der Waals surface area contributed by atoms with E-state index < -0.39 is 0 Å². The lowest BCUT2D eigenvalue weighted by atomic mass is 10.0. The van der Waals surface area contributed by atoms with Gasteiger partial charge in [0.2, 0.25) is 0 Å².